The molecule has 7 heteroatoms. The lowest BCUT2D eigenvalue weighted by atomic mass is 10.0. The number of ether oxygens (including phenoxy) is 1. The number of carboxylic acids is 1. The number of hydrogen-bond donors (Lipinski definition) is 3. The summed E-state index contributed by atoms with van der Waals surface area (Å²) < 4.78 is 5.26. The fraction of sp³-hybridized carbons (Fsp3) is 0.348. The van der Waals surface area contributed by atoms with Crippen LogP contribution in [0.5, 0.6) is 0 Å². The van der Waals surface area contributed by atoms with Crippen molar-refractivity contribution in [3.05, 3.63) is 71.8 Å². The van der Waals surface area contributed by atoms with Crippen LogP contribution in [0.15, 0.2) is 60.7 Å². The van der Waals surface area contributed by atoms with E-state index >= 15 is 0 Å². The number of amides is 2. The van der Waals surface area contributed by atoms with E-state index < -0.39 is 35.7 Å². The Morgan fingerprint density at radius 1 is 0.833 bits per heavy atom. The topological polar surface area (TPSA) is 105 Å². The van der Waals surface area contributed by atoms with Gasteiger partial charge in [0.05, 0.1) is 0 Å². The average molecular weight is 412 g/mol. The van der Waals surface area contributed by atoms with Crippen LogP contribution in [0.4, 0.5) is 4.79 Å². The molecular weight excluding hydrogens is 384 g/mol. The zero-order valence-corrected chi connectivity index (χ0v) is 17.4. The van der Waals surface area contributed by atoms with Crippen LogP contribution >= 0.6 is 0 Å². The van der Waals surface area contributed by atoms with Crippen molar-refractivity contribution in [1.29, 1.82) is 0 Å². The summed E-state index contributed by atoms with van der Waals surface area (Å²) in [6.07, 6.45) is -0.413. The Hall–Kier alpha value is -3.35. The highest BCUT2D eigenvalue weighted by molar-refractivity contribution is 5.89. The molecule has 0 aliphatic carbocycles. The van der Waals surface area contributed by atoms with E-state index in [1.54, 1.807) is 45.0 Å². The van der Waals surface area contributed by atoms with E-state index in [0.29, 0.717) is 0 Å². The Balaban J connectivity index is 2.14. The zero-order valence-electron chi connectivity index (χ0n) is 17.4. The number of carbonyl (C=O) groups excluding carboxylic acids is 2. The lowest BCUT2D eigenvalue weighted by Gasteiger charge is -2.24. The van der Waals surface area contributed by atoms with E-state index in [4.69, 9.17) is 4.74 Å². The van der Waals surface area contributed by atoms with Gasteiger partial charge in [0.2, 0.25) is 5.91 Å². The van der Waals surface area contributed by atoms with E-state index in [2.05, 4.69) is 10.6 Å². The Morgan fingerprint density at radius 3 is 1.73 bits per heavy atom. The van der Waals surface area contributed by atoms with Crippen LogP contribution in [-0.4, -0.2) is 40.8 Å². The van der Waals surface area contributed by atoms with Crippen molar-refractivity contribution in [1.82, 2.24) is 10.6 Å². The Kier molecular flexibility index (Phi) is 7.98. The second-order valence-corrected chi connectivity index (χ2v) is 7.98. The fourth-order valence-electron chi connectivity index (χ4n) is 2.83. The van der Waals surface area contributed by atoms with Crippen molar-refractivity contribution in [3.63, 3.8) is 0 Å². The summed E-state index contributed by atoms with van der Waals surface area (Å²) in [5.41, 5.74) is 0.878. The van der Waals surface area contributed by atoms with Crippen LogP contribution in [0, 0.1) is 0 Å². The average Bonchev–Trinajstić information content (AvgIpc) is 2.67. The predicted molar refractivity (Wildman–Crippen MR) is 113 cm³/mol. The molecular formula is C23H28N2O5. The molecule has 0 aliphatic heterocycles. The molecule has 0 fully saturated rings. The third-order valence-corrected chi connectivity index (χ3v) is 4.19. The number of hydrogen-bond acceptors (Lipinski definition) is 4. The molecule has 2 rings (SSSR count). The fourth-order valence-corrected chi connectivity index (χ4v) is 2.83. The van der Waals surface area contributed by atoms with Crippen LogP contribution in [0.3, 0.4) is 0 Å². The van der Waals surface area contributed by atoms with Crippen molar-refractivity contribution < 1.29 is 24.2 Å². The van der Waals surface area contributed by atoms with Crippen molar-refractivity contribution >= 4 is 18.0 Å². The van der Waals surface area contributed by atoms with Crippen molar-refractivity contribution in [2.24, 2.45) is 0 Å². The van der Waals surface area contributed by atoms with Crippen molar-refractivity contribution in [3.8, 4) is 0 Å². The van der Waals surface area contributed by atoms with Gasteiger partial charge in [-0.2, -0.15) is 0 Å². The lowest BCUT2D eigenvalue weighted by molar-refractivity contribution is -0.142. The van der Waals surface area contributed by atoms with Crippen LogP contribution < -0.4 is 10.6 Å². The first kappa shape index (κ1) is 22.9. The molecule has 0 radical (unpaired) electrons. The van der Waals surface area contributed by atoms with E-state index in [1.807, 2.05) is 36.4 Å². The van der Waals surface area contributed by atoms with Gasteiger partial charge in [0, 0.05) is 12.8 Å². The van der Waals surface area contributed by atoms with Gasteiger partial charge in [0.1, 0.15) is 17.7 Å². The van der Waals surface area contributed by atoms with Crippen LogP contribution in [0.2, 0.25) is 0 Å². The Labute approximate surface area is 176 Å². The molecule has 0 bridgehead atoms. The smallest absolute Gasteiger partial charge is 0.408 e. The number of rotatable bonds is 8. The lowest BCUT2D eigenvalue weighted by Crippen LogP contribution is -2.53. The van der Waals surface area contributed by atoms with Gasteiger partial charge in [-0.3, -0.25) is 4.79 Å². The van der Waals surface area contributed by atoms with Gasteiger partial charge in [0.15, 0.2) is 0 Å². The summed E-state index contributed by atoms with van der Waals surface area (Å²) in [6, 6.07) is 16.1. The normalized spacial score (nSPS) is 13.0. The zero-order chi connectivity index (χ0) is 22.1. The number of carboxylic acid groups (broad SMARTS) is 1. The highest BCUT2D eigenvalue weighted by atomic mass is 16.6. The second kappa shape index (κ2) is 10.4. The second-order valence-electron chi connectivity index (χ2n) is 7.98. The Morgan fingerprint density at radius 2 is 1.30 bits per heavy atom. The standard InChI is InChI=1S/C23H28N2O5/c1-23(2,3)30-22(29)25-18(14-16-10-6-4-7-11-16)20(26)24-19(21(27)28)15-17-12-8-5-9-13-17/h4-13,18-19H,14-15H2,1-3H3,(H,24,26)(H,25,29)(H,27,28)/t18-,19?/m0/s1. The van der Waals surface area contributed by atoms with Gasteiger partial charge in [-0.05, 0) is 31.9 Å². The number of alkyl carbamates (subject to hydrolysis) is 1. The van der Waals surface area contributed by atoms with Crippen molar-refractivity contribution in [2.45, 2.75) is 51.3 Å². The summed E-state index contributed by atoms with van der Waals surface area (Å²) in [5.74, 6) is -1.74. The van der Waals surface area contributed by atoms with E-state index in [0.717, 1.165) is 11.1 Å². The molecule has 2 aromatic carbocycles. The van der Waals surface area contributed by atoms with Gasteiger partial charge < -0.3 is 20.5 Å². The molecule has 3 N–H and O–H groups in total. The molecule has 0 saturated heterocycles. The molecule has 0 aromatic heterocycles. The third-order valence-electron chi connectivity index (χ3n) is 4.19. The minimum atomic E-state index is -1.15. The summed E-state index contributed by atoms with van der Waals surface area (Å²) >= 11 is 0. The summed E-state index contributed by atoms with van der Waals surface area (Å²) in [4.78, 5) is 36.9. The van der Waals surface area contributed by atoms with Crippen LogP contribution in [0.1, 0.15) is 31.9 Å². The van der Waals surface area contributed by atoms with Gasteiger partial charge >= 0.3 is 12.1 Å². The van der Waals surface area contributed by atoms with Crippen molar-refractivity contribution in [2.75, 3.05) is 0 Å². The molecule has 160 valence electrons. The minimum Gasteiger partial charge on any atom is -0.480 e. The molecule has 0 heterocycles. The van der Waals surface area contributed by atoms with Gasteiger partial charge in [0.25, 0.3) is 0 Å². The minimum absolute atomic E-state index is 0.131. The van der Waals surface area contributed by atoms with Gasteiger partial charge in [-0.1, -0.05) is 60.7 Å². The molecule has 0 saturated carbocycles. The monoisotopic (exact) mass is 412 g/mol. The van der Waals surface area contributed by atoms with E-state index in [-0.39, 0.29) is 12.8 Å². The van der Waals surface area contributed by atoms with Crippen LogP contribution in [-0.2, 0) is 27.2 Å². The number of benzene rings is 2. The first-order valence-corrected chi connectivity index (χ1v) is 9.74. The summed E-state index contributed by atoms with van der Waals surface area (Å²) in [6.45, 7) is 5.16. The molecule has 1 unspecified atom stereocenters. The third kappa shape index (κ3) is 7.95. The summed E-state index contributed by atoms with van der Waals surface area (Å²) in [5, 5.41) is 14.7. The summed E-state index contributed by atoms with van der Waals surface area (Å²) in [7, 11) is 0. The molecule has 2 aromatic rings. The maximum absolute atomic E-state index is 12.9. The molecule has 30 heavy (non-hydrogen) atoms. The van der Waals surface area contributed by atoms with E-state index in [1.165, 1.54) is 0 Å². The van der Waals surface area contributed by atoms with E-state index in [9.17, 15) is 19.5 Å². The largest absolute Gasteiger partial charge is 0.480 e. The molecule has 2 amide bonds. The highest BCUT2D eigenvalue weighted by Gasteiger charge is 2.28. The number of carbonyl (C=O) groups is 3. The van der Waals surface area contributed by atoms with Gasteiger partial charge in [-0.25, -0.2) is 9.59 Å². The quantitative estimate of drug-likeness (QED) is 0.618. The van der Waals surface area contributed by atoms with Crippen LogP contribution in [0.25, 0.3) is 0 Å². The number of aliphatic carboxylic acids is 1. The predicted octanol–water partition coefficient (Wildman–Crippen LogP) is 2.93. The molecule has 0 aliphatic rings. The molecule has 2 atom stereocenters. The molecule has 0 spiro atoms. The van der Waals surface area contributed by atoms with Gasteiger partial charge in [-0.15, -0.1) is 0 Å². The maximum Gasteiger partial charge on any atom is 0.408 e. The Bertz CT molecular complexity index is 847. The maximum atomic E-state index is 12.9. The first-order chi connectivity index (χ1) is 14.1. The SMILES string of the molecule is CC(C)(C)OC(=O)N[C@@H](Cc1ccccc1)C(=O)NC(Cc1ccccc1)C(=O)O. The first-order valence-electron chi connectivity index (χ1n) is 9.74. The molecule has 7 nitrogen and oxygen atoms in total. The highest BCUT2D eigenvalue weighted by Crippen LogP contribution is 2.10. The number of nitrogens with one attached hydrogen (secondary N) is 2.